The number of urea groups is 1. The first-order valence-corrected chi connectivity index (χ1v) is 10.8. The molecule has 1 aromatic heterocycles. The van der Waals surface area contributed by atoms with Gasteiger partial charge in [0.15, 0.2) is 5.69 Å². The van der Waals surface area contributed by atoms with Gasteiger partial charge in [0.1, 0.15) is 0 Å². The summed E-state index contributed by atoms with van der Waals surface area (Å²) < 4.78 is 1.78. The van der Waals surface area contributed by atoms with Crippen molar-refractivity contribution in [1.82, 2.24) is 30.1 Å². The highest BCUT2D eigenvalue weighted by atomic mass is 16.2. The van der Waals surface area contributed by atoms with Gasteiger partial charge in [-0.2, -0.15) is 0 Å². The average Bonchev–Trinajstić information content (AvgIpc) is 3.14. The van der Waals surface area contributed by atoms with Gasteiger partial charge in [-0.1, -0.05) is 24.3 Å². The molecule has 0 saturated carbocycles. The van der Waals surface area contributed by atoms with Gasteiger partial charge in [0.25, 0.3) is 5.91 Å². The van der Waals surface area contributed by atoms with Crippen molar-refractivity contribution in [1.29, 1.82) is 0 Å². The molecule has 0 spiro atoms. The van der Waals surface area contributed by atoms with E-state index in [4.69, 9.17) is 0 Å². The number of nitrogens with one attached hydrogen (secondary N) is 1. The third-order valence-electron chi connectivity index (χ3n) is 6.25. The molecule has 30 heavy (non-hydrogen) atoms. The van der Waals surface area contributed by atoms with Crippen molar-refractivity contribution >= 4 is 11.9 Å². The van der Waals surface area contributed by atoms with Crippen LogP contribution in [0.15, 0.2) is 18.2 Å². The molecule has 0 radical (unpaired) electrons. The van der Waals surface area contributed by atoms with Crippen molar-refractivity contribution in [2.24, 2.45) is 5.92 Å². The van der Waals surface area contributed by atoms with Crippen LogP contribution in [-0.2, 0) is 13.0 Å². The highest BCUT2D eigenvalue weighted by molar-refractivity contribution is 5.93. The standard InChI is InChI=1S/C22H30N6O2/c1-4-23-22(30)27-13-10-18-17(14-27)6-5-7-19(18)28-16(3)20(24-25-28)21(29)26-11-8-15(2)9-12-26/h5-7,15H,4,8-14H2,1-3H3,(H,23,30). The van der Waals surface area contributed by atoms with Crippen LogP contribution < -0.4 is 5.32 Å². The second kappa shape index (κ2) is 8.45. The van der Waals surface area contributed by atoms with Gasteiger partial charge < -0.3 is 15.1 Å². The van der Waals surface area contributed by atoms with Crippen LogP contribution in [0.1, 0.15) is 54.0 Å². The zero-order valence-corrected chi connectivity index (χ0v) is 18.0. The third kappa shape index (κ3) is 3.78. The molecule has 1 aromatic carbocycles. The first-order chi connectivity index (χ1) is 14.5. The molecule has 160 valence electrons. The molecule has 8 heteroatoms. The number of rotatable bonds is 3. The summed E-state index contributed by atoms with van der Waals surface area (Å²) in [5.41, 5.74) is 4.41. The molecule has 4 rings (SSSR count). The van der Waals surface area contributed by atoms with Crippen LogP contribution in [0.3, 0.4) is 0 Å². The Balaban J connectivity index is 1.58. The molecule has 1 N–H and O–H groups in total. The number of hydrogen-bond acceptors (Lipinski definition) is 4. The summed E-state index contributed by atoms with van der Waals surface area (Å²) in [7, 11) is 0. The maximum absolute atomic E-state index is 13.0. The molecule has 3 amide bonds. The number of amides is 3. The van der Waals surface area contributed by atoms with Crippen LogP contribution in [0, 0.1) is 12.8 Å². The summed E-state index contributed by atoms with van der Waals surface area (Å²) >= 11 is 0. The largest absolute Gasteiger partial charge is 0.338 e. The predicted octanol–water partition coefficient (Wildman–Crippen LogP) is 2.54. The van der Waals surface area contributed by atoms with E-state index in [0.29, 0.717) is 31.2 Å². The quantitative estimate of drug-likeness (QED) is 0.843. The van der Waals surface area contributed by atoms with E-state index in [1.54, 1.807) is 4.68 Å². The number of nitrogens with zero attached hydrogens (tertiary/aromatic N) is 5. The van der Waals surface area contributed by atoms with Crippen molar-refractivity contribution in [3.63, 3.8) is 0 Å². The van der Waals surface area contributed by atoms with Crippen LogP contribution >= 0.6 is 0 Å². The highest BCUT2D eigenvalue weighted by Gasteiger charge is 2.28. The summed E-state index contributed by atoms with van der Waals surface area (Å²) in [5.74, 6) is 0.638. The molecule has 0 unspecified atom stereocenters. The fourth-order valence-electron chi connectivity index (χ4n) is 4.34. The maximum Gasteiger partial charge on any atom is 0.317 e. The van der Waals surface area contributed by atoms with Crippen molar-refractivity contribution in [3.8, 4) is 5.69 Å². The topological polar surface area (TPSA) is 83.4 Å². The monoisotopic (exact) mass is 410 g/mol. The first kappa shape index (κ1) is 20.4. The number of likely N-dealkylation sites (tertiary alicyclic amines) is 1. The van der Waals surface area contributed by atoms with E-state index >= 15 is 0 Å². The molecule has 0 aliphatic carbocycles. The lowest BCUT2D eigenvalue weighted by Crippen LogP contribution is -2.42. The Kier molecular flexibility index (Phi) is 5.74. The minimum atomic E-state index is -0.0331. The van der Waals surface area contributed by atoms with Crippen LogP contribution in [0.25, 0.3) is 5.69 Å². The second-order valence-corrected chi connectivity index (χ2v) is 8.33. The number of fused-ring (bicyclic) bond motifs is 1. The number of piperidine rings is 1. The molecule has 1 saturated heterocycles. The third-order valence-corrected chi connectivity index (χ3v) is 6.25. The van der Waals surface area contributed by atoms with E-state index < -0.39 is 0 Å². The minimum absolute atomic E-state index is 0.0298. The van der Waals surface area contributed by atoms with Crippen LogP contribution in [0.2, 0.25) is 0 Å². The van der Waals surface area contributed by atoms with Gasteiger partial charge in [-0.25, -0.2) is 9.48 Å². The van der Waals surface area contributed by atoms with Gasteiger partial charge in [-0.3, -0.25) is 4.79 Å². The van der Waals surface area contributed by atoms with Gasteiger partial charge in [0, 0.05) is 32.7 Å². The van der Waals surface area contributed by atoms with Crippen LogP contribution in [-0.4, -0.2) is 62.9 Å². The zero-order valence-electron chi connectivity index (χ0n) is 18.0. The van der Waals surface area contributed by atoms with E-state index in [-0.39, 0.29) is 11.9 Å². The smallest absolute Gasteiger partial charge is 0.317 e. The van der Waals surface area contributed by atoms with Gasteiger partial charge >= 0.3 is 6.03 Å². The van der Waals surface area contributed by atoms with Crippen molar-refractivity contribution in [3.05, 3.63) is 40.7 Å². The molecule has 2 aliphatic heterocycles. The number of carbonyl (C=O) groups is 2. The van der Waals surface area contributed by atoms with Gasteiger partial charge in [0.2, 0.25) is 0 Å². The Morgan fingerprint density at radius 3 is 2.67 bits per heavy atom. The summed E-state index contributed by atoms with van der Waals surface area (Å²) in [4.78, 5) is 28.9. The fraction of sp³-hybridized carbons (Fsp3) is 0.545. The molecule has 1 fully saturated rings. The molecular formula is C22H30N6O2. The average molecular weight is 411 g/mol. The Morgan fingerprint density at radius 1 is 1.17 bits per heavy atom. The molecule has 0 bridgehead atoms. The predicted molar refractivity (Wildman–Crippen MR) is 114 cm³/mol. The molecule has 0 atom stereocenters. The lowest BCUT2D eigenvalue weighted by atomic mass is 9.97. The highest BCUT2D eigenvalue weighted by Crippen LogP contribution is 2.27. The number of aromatic nitrogens is 3. The van der Waals surface area contributed by atoms with Gasteiger partial charge in [-0.15, -0.1) is 5.10 Å². The van der Waals surface area contributed by atoms with Crippen molar-refractivity contribution in [2.75, 3.05) is 26.2 Å². The summed E-state index contributed by atoms with van der Waals surface area (Å²) in [6.45, 7) is 9.46. The van der Waals surface area contributed by atoms with E-state index in [0.717, 1.165) is 54.9 Å². The Morgan fingerprint density at radius 2 is 1.93 bits per heavy atom. The maximum atomic E-state index is 13.0. The molecule has 2 aromatic rings. The van der Waals surface area contributed by atoms with Crippen LogP contribution in [0.4, 0.5) is 4.79 Å². The SMILES string of the molecule is CCNC(=O)N1CCc2c(cccc2-n2nnc(C(=O)N3CCC(C)CC3)c2C)C1. The summed E-state index contributed by atoms with van der Waals surface area (Å²) in [6, 6.07) is 6.01. The van der Waals surface area contributed by atoms with Gasteiger partial charge in [-0.05, 0) is 56.2 Å². The van der Waals surface area contributed by atoms with E-state index in [1.807, 2.05) is 35.8 Å². The first-order valence-electron chi connectivity index (χ1n) is 10.8. The van der Waals surface area contributed by atoms with E-state index in [2.05, 4.69) is 28.6 Å². The zero-order chi connectivity index (χ0) is 21.3. The fourth-order valence-corrected chi connectivity index (χ4v) is 4.34. The molecule has 3 heterocycles. The molecular weight excluding hydrogens is 380 g/mol. The lowest BCUT2D eigenvalue weighted by Gasteiger charge is -2.30. The Bertz CT molecular complexity index is 945. The van der Waals surface area contributed by atoms with Crippen LogP contribution in [0.5, 0.6) is 0 Å². The number of hydrogen-bond donors (Lipinski definition) is 1. The van der Waals surface area contributed by atoms with Gasteiger partial charge in [0.05, 0.1) is 11.4 Å². The minimum Gasteiger partial charge on any atom is -0.338 e. The second-order valence-electron chi connectivity index (χ2n) is 8.33. The molecule has 2 aliphatic rings. The van der Waals surface area contributed by atoms with Crippen molar-refractivity contribution in [2.45, 2.75) is 46.6 Å². The summed E-state index contributed by atoms with van der Waals surface area (Å²) in [6.07, 6.45) is 2.82. The van der Waals surface area contributed by atoms with Crippen molar-refractivity contribution < 1.29 is 9.59 Å². The normalized spacial score (nSPS) is 17.0. The van der Waals surface area contributed by atoms with E-state index in [1.165, 1.54) is 0 Å². The summed E-state index contributed by atoms with van der Waals surface area (Å²) in [5, 5.41) is 11.5. The Hall–Kier alpha value is -2.90. The Labute approximate surface area is 177 Å². The number of benzene rings is 1. The number of carbonyl (C=O) groups excluding carboxylic acids is 2. The molecule has 8 nitrogen and oxygen atoms in total. The lowest BCUT2D eigenvalue weighted by molar-refractivity contribution is 0.0690. The van der Waals surface area contributed by atoms with E-state index in [9.17, 15) is 9.59 Å².